The third-order valence-electron chi connectivity index (χ3n) is 5.63. The van der Waals surface area contributed by atoms with Crippen molar-refractivity contribution in [1.82, 2.24) is 9.55 Å². The molecule has 0 saturated carbocycles. The molecular weight excluding hydrogens is 384 g/mol. The number of nitrogens with zero attached hydrogens (tertiary/aromatic N) is 2. The molecule has 4 heteroatoms. The van der Waals surface area contributed by atoms with Crippen molar-refractivity contribution in [3.63, 3.8) is 0 Å². The Kier molecular flexibility index (Phi) is 6.46. The first-order chi connectivity index (χ1) is 15.1. The summed E-state index contributed by atoms with van der Waals surface area (Å²) in [5.74, 6) is 2.19. The first-order valence-corrected chi connectivity index (χ1v) is 10.8. The molecule has 0 aliphatic rings. The zero-order valence-electron chi connectivity index (χ0n) is 18.2. The number of ketones is 1. The number of imidazole rings is 1. The van der Waals surface area contributed by atoms with Gasteiger partial charge in [-0.3, -0.25) is 4.79 Å². The number of aromatic nitrogens is 2. The van der Waals surface area contributed by atoms with E-state index in [0.29, 0.717) is 6.42 Å². The molecule has 0 N–H and O–H groups in total. The van der Waals surface area contributed by atoms with Crippen LogP contribution in [0.25, 0.3) is 11.0 Å². The van der Waals surface area contributed by atoms with Crippen LogP contribution >= 0.6 is 0 Å². The number of para-hydroxylation sites is 2. The third-order valence-corrected chi connectivity index (χ3v) is 5.63. The van der Waals surface area contributed by atoms with Crippen molar-refractivity contribution in [3.8, 4) is 5.75 Å². The second-order valence-corrected chi connectivity index (χ2v) is 7.96. The second kappa shape index (κ2) is 9.61. The van der Waals surface area contributed by atoms with E-state index in [9.17, 15) is 4.79 Å². The molecular formula is C27H28N2O2. The largest absolute Gasteiger partial charge is 0.497 e. The van der Waals surface area contributed by atoms with Gasteiger partial charge in [-0.1, -0.05) is 48.5 Å². The lowest BCUT2D eigenvalue weighted by atomic mass is 10.1. The molecule has 4 aromatic rings. The zero-order valence-corrected chi connectivity index (χ0v) is 18.2. The van der Waals surface area contributed by atoms with Gasteiger partial charge in [0, 0.05) is 19.4 Å². The van der Waals surface area contributed by atoms with Gasteiger partial charge < -0.3 is 9.30 Å². The summed E-state index contributed by atoms with van der Waals surface area (Å²) >= 11 is 0. The Bertz CT molecular complexity index is 1160. The van der Waals surface area contributed by atoms with Crippen molar-refractivity contribution in [2.75, 3.05) is 7.11 Å². The Morgan fingerprint density at radius 3 is 2.19 bits per heavy atom. The first kappa shape index (κ1) is 20.9. The number of carbonyl (C=O) groups is 1. The molecule has 0 radical (unpaired) electrons. The SMILES string of the molecule is COc1ccc(CCc2nc3ccccc3n2CCc2ccc(CC(C)=O)cc2)cc1. The molecule has 1 aromatic heterocycles. The Morgan fingerprint density at radius 2 is 1.48 bits per heavy atom. The van der Waals surface area contributed by atoms with Crippen molar-refractivity contribution in [3.05, 3.63) is 95.3 Å². The van der Waals surface area contributed by atoms with Crippen molar-refractivity contribution < 1.29 is 9.53 Å². The second-order valence-electron chi connectivity index (χ2n) is 7.96. The van der Waals surface area contributed by atoms with Crippen LogP contribution in [0.4, 0.5) is 0 Å². The highest BCUT2D eigenvalue weighted by molar-refractivity contribution is 5.78. The van der Waals surface area contributed by atoms with Crippen LogP contribution in [-0.4, -0.2) is 22.4 Å². The first-order valence-electron chi connectivity index (χ1n) is 10.8. The number of Topliss-reactive ketones (excluding diaryl/α,β-unsaturated/α-hetero) is 1. The predicted octanol–water partition coefficient (Wildman–Crippen LogP) is 5.20. The average Bonchev–Trinajstić information content (AvgIpc) is 3.14. The topological polar surface area (TPSA) is 44.1 Å². The highest BCUT2D eigenvalue weighted by Crippen LogP contribution is 2.20. The monoisotopic (exact) mass is 412 g/mol. The maximum Gasteiger partial charge on any atom is 0.134 e. The lowest BCUT2D eigenvalue weighted by molar-refractivity contribution is -0.116. The van der Waals surface area contributed by atoms with Gasteiger partial charge in [0.15, 0.2) is 0 Å². The van der Waals surface area contributed by atoms with Gasteiger partial charge >= 0.3 is 0 Å². The summed E-state index contributed by atoms with van der Waals surface area (Å²) in [6, 6.07) is 25.0. The minimum Gasteiger partial charge on any atom is -0.497 e. The number of carbonyl (C=O) groups excluding carboxylic acids is 1. The van der Waals surface area contributed by atoms with Crippen LogP contribution < -0.4 is 4.74 Å². The fourth-order valence-corrected chi connectivity index (χ4v) is 3.97. The van der Waals surface area contributed by atoms with E-state index < -0.39 is 0 Å². The molecule has 1 heterocycles. The van der Waals surface area contributed by atoms with Crippen LogP contribution in [0.5, 0.6) is 5.75 Å². The van der Waals surface area contributed by atoms with Crippen LogP contribution in [-0.2, 0) is 37.0 Å². The quantitative estimate of drug-likeness (QED) is 0.379. The molecule has 0 saturated heterocycles. The molecule has 0 amide bonds. The smallest absolute Gasteiger partial charge is 0.134 e. The van der Waals surface area contributed by atoms with E-state index in [1.54, 1.807) is 14.0 Å². The summed E-state index contributed by atoms with van der Waals surface area (Å²) in [6.45, 7) is 2.51. The van der Waals surface area contributed by atoms with Crippen molar-refractivity contribution >= 4 is 16.8 Å². The van der Waals surface area contributed by atoms with Crippen molar-refractivity contribution in [2.45, 2.75) is 39.2 Å². The molecule has 0 fully saturated rings. The maximum atomic E-state index is 11.3. The van der Waals surface area contributed by atoms with Gasteiger partial charge in [-0.2, -0.15) is 0 Å². The van der Waals surface area contributed by atoms with Crippen LogP contribution in [0, 0.1) is 0 Å². The molecule has 4 nitrogen and oxygen atoms in total. The van der Waals surface area contributed by atoms with Crippen LogP contribution in [0.15, 0.2) is 72.8 Å². The molecule has 0 aliphatic heterocycles. The summed E-state index contributed by atoms with van der Waals surface area (Å²) in [5.41, 5.74) is 5.85. The number of methoxy groups -OCH3 is 1. The standard InChI is InChI=1S/C27H28N2O2/c1-20(30)19-23-9-7-22(8-10-23)17-18-29-26-6-4-3-5-25(26)28-27(29)16-13-21-11-14-24(31-2)15-12-21/h3-12,14-15H,13,16-19H2,1-2H3. The number of ether oxygens (including phenoxy) is 1. The van der Waals surface area contributed by atoms with Gasteiger partial charge in [0.1, 0.15) is 17.4 Å². The highest BCUT2D eigenvalue weighted by atomic mass is 16.5. The number of fused-ring (bicyclic) bond motifs is 1. The van der Waals surface area contributed by atoms with E-state index in [0.717, 1.165) is 48.5 Å². The highest BCUT2D eigenvalue weighted by Gasteiger charge is 2.11. The number of rotatable bonds is 9. The average molecular weight is 413 g/mol. The van der Waals surface area contributed by atoms with Gasteiger partial charge in [0.2, 0.25) is 0 Å². The Morgan fingerprint density at radius 1 is 0.839 bits per heavy atom. The molecule has 0 atom stereocenters. The fourth-order valence-electron chi connectivity index (χ4n) is 3.97. The normalized spacial score (nSPS) is 11.0. The number of hydrogen-bond donors (Lipinski definition) is 0. The summed E-state index contributed by atoms with van der Waals surface area (Å²) in [7, 11) is 1.69. The Balaban J connectivity index is 1.50. The van der Waals surface area contributed by atoms with Gasteiger partial charge in [0.25, 0.3) is 0 Å². The molecule has 0 unspecified atom stereocenters. The van der Waals surface area contributed by atoms with E-state index in [4.69, 9.17) is 9.72 Å². The van der Waals surface area contributed by atoms with Crippen LogP contribution in [0.2, 0.25) is 0 Å². The third kappa shape index (κ3) is 5.21. The van der Waals surface area contributed by atoms with E-state index >= 15 is 0 Å². The summed E-state index contributed by atoms with van der Waals surface area (Å²) < 4.78 is 7.61. The van der Waals surface area contributed by atoms with E-state index in [1.165, 1.54) is 16.6 Å². The predicted molar refractivity (Wildman–Crippen MR) is 125 cm³/mol. The Hall–Kier alpha value is -3.40. The molecule has 0 spiro atoms. The zero-order chi connectivity index (χ0) is 21.6. The van der Waals surface area contributed by atoms with E-state index in [1.807, 2.05) is 18.2 Å². The fraction of sp³-hybridized carbons (Fsp3) is 0.259. The van der Waals surface area contributed by atoms with Crippen molar-refractivity contribution in [2.24, 2.45) is 0 Å². The van der Waals surface area contributed by atoms with Crippen LogP contribution in [0.3, 0.4) is 0 Å². The van der Waals surface area contributed by atoms with Gasteiger partial charge in [-0.05, 0) is 60.7 Å². The minimum absolute atomic E-state index is 0.194. The lowest BCUT2D eigenvalue weighted by Gasteiger charge is -2.10. The Labute approximate surface area is 183 Å². The molecule has 0 bridgehead atoms. The van der Waals surface area contributed by atoms with Crippen molar-refractivity contribution in [1.29, 1.82) is 0 Å². The molecule has 31 heavy (non-hydrogen) atoms. The minimum atomic E-state index is 0.194. The number of aryl methyl sites for hydroxylation is 4. The number of hydrogen-bond acceptors (Lipinski definition) is 3. The van der Waals surface area contributed by atoms with E-state index in [-0.39, 0.29) is 5.78 Å². The molecule has 4 rings (SSSR count). The summed E-state index contributed by atoms with van der Waals surface area (Å²) in [4.78, 5) is 16.2. The van der Waals surface area contributed by atoms with Gasteiger partial charge in [-0.15, -0.1) is 0 Å². The maximum absolute atomic E-state index is 11.3. The molecule has 158 valence electrons. The van der Waals surface area contributed by atoms with Gasteiger partial charge in [0.05, 0.1) is 18.1 Å². The lowest BCUT2D eigenvalue weighted by Crippen LogP contribution is -2.08. The van der Waals surface area contributed by atoms with Gasteiger partial charge in [-0.25, -0.2) is 4.98 Å². The number of benzene rings is 3. The summed E-state index contributed by atoms with van der Waals surface area (Å²) in [6.07, 6.45) is 3.25. The van der Waals surface area contributed by atoms with E-state index in [2.05, 4.69) is 59.2 Å². The molecule has 0 aliphatic carbocycles. The molecule has 3 aromatic carbocycles. The van der Waals surface area contributed by atoms with Crippen LogP contribution in [0.1, 0.15) is 29.4 Å². The summed E-state index contributed by atoms with van der Waals surface area (Å²) in [5, 5.41) is 0.